The largest absolute Gasteiger partial charge is 0.493 e. The Morgan fingerprint density at radius 3 is 2.55 bits per heavy atom. The first-order valence-electron chi connectivity index (χ1n) is 6.05. The van der Waals surface area contributed by atoms with Crippen LogP contribution in [0.5, 0.6) is 11.5 Å². The highest BCUT2D eigenvalue weighted by atomic mass is 16.6. The summed E-state index contributed by atoms with van der Waals surface area (Å²) in [4.78, 5) is 11.9. The first kappa shape index (κ1) is 13.6. The van der Waals surface area contributed by atoms with E-state index in [2.05, 4.69) is 0 Å². The van der Waals surface area contributed by atoms with E-state index < -0.39 is 0 Å². The summed E-state index contributed by atoms with van der Waals surface area (Å²) in [5.41, 5.74) is 1.33. The molecule has 0 N–H and O–H groups in total. The number of carbonyl (C=O) groups is 1. The van der Waals surface area contributed by atoms with Gasteiger partial charge in [-0.25, -0.2) is 0 Å². The van der Waals surface area contributed by atoms with Gasteiger partial charge in [0.05, 0.1) is 25.2 Å². The van der Waals surface area contributed by atoms with Gasteiger partial charge >= 0.3 is 5.97 Å². The lowest BCUT2D eigenvalue weighted by Gasteiger charge is -2.09. The van der Waals surface area contributed by atoms with Gasteiger partial charge in [-0.05, 0) is 17.7 Å². The third-order valence-electron chi connectivity index (χ3n) is 2.71. The quantitative estimate of drug-likeness (QED) is 0.631. The van der Waals surface area contributed by atoms with E-state index in [1.165, 1.54) is 13.2 Å². The monoisotopic (exact) mass is 267 g/mol. The minimum Gasteiger partial charge on any atom is -0.493 e. The van der Waals surface area contributed by atoms with E-state index in [-0.39, 0.29) is 12.4 Å². The van der Waals surface area contributed by atoms with Crippen LogP contribution >= 0.6 is 0 Å². The van der Waals surface area contributed by atoms with Gasteiger partial charge in [-0.3, -0.25) is 4.79 Å². The molecule has 0 amide bonds. The van der Waals surface area contributed by atoms with E-state index in [1.807, 2.05) is 36.4 Å². The summed E-state index contributed by atoms with van der Waals surface area (Å²) in [6.07, 6.45) is 0.185. The molecule has 0 radical (unpaired) electrons. The number of nitriles is 1. The molecular formula is C16H13NO3. The van der Waals surface area contributed by atoms with Crippen molar-refractivity contribution in [3.63, 3.8) is 0 Å². The summed E-state index contributed by atoms with van der Waals surface area (Å²) in [5, 5.41) is 8.81. The van der Waals surface area contributed by atoms with Gasteiger partial charge in [0.25, 0.3) is 0 Å². The van der Waals surface area contributed by atoms with E-state index in [0.717, 1.165) is 5.56 Å². The van der Waals surface area contributed by atoms with Crippen molar-refractivity contribution in [3.8, 4) is 17.6 Å². The third-order valence-corrected chi connectivity index (χ3v) is 2.71. The lowest BCUT2D eigenvalue weighted by Crippen LogP contribution is -2.11. The Bertz CT molecular complexity index is 645. The van der Waals surface area contributed by atoms with Gasteiger partial charge in [0.1, 0.15) is 0 Å². The summed E-state index contributed by atoms with van der Waals surface area (Å²) in [7, 11) is 1.46. The number of rotatable bonds is 4. The molecule has 4 nitrogen and oxygen atoms in total. The fourth-order valence-electron chi connectivity index (χ4n) is 1.74. The van der Waals surface area contributed by atoms with Crippen molar-refractivity contribution >= 4 is 5.97 Å². The van der Waals surface area contributed by atoms with Gasteiger partial charge in [-0.15, -0.1) is 0 Å². The fraction of sp³-hybridized carbons (Fsp3) is 0.125. The summed E-state index contributed by atoms with van der Waals surface area (Å²) < 4.78 is 10.4. The lowest BCUT2D eigenvalue weighted by molar-refractivity contribution is -0.133. The van der Waals surface area contributed by atoms with Crippen molar-refractivity contribution in [2.75, 3.05) is 7.11 Å². The van der Waals surface area contributed by atoms with Crippen molar-refractivity contribution in [1.82, 2.24) is 0 Å². The number of esters is 1. The van der Waals surface area contributed by atoms with Gasteiger partial charge in [-0.1, -0.05) is 30.3 Å². The topological polar surface area (TPSA) is 59.3 Å². The Balaban J connectivity index is 2.10. The van der Waals surface area contributed by atoms with E-state index in [0.29, 0.717) is 17.1 Å². The SMILES string of the molecule is COc1cc(C#N)ccc1OC(=O)Cc1ccccc1. The molecule has 2 aromatic rings. The van der Waals surface area contributed by atoms with Crippen LogP contribution in [0, 0.1) is 11.3 Å². The average Bonchev–Trinajstić information content (AvgIpc) is 2.48. The van der Waals surface area contributed by atoms with Gasteiger partial charge in [-0.2, -0.15) is 5.26 Å². The maximum atomic E-state index is 11.9. The predicted molar refractivity (Wildman–Crippen MR) is 73.5 cm³/mol. The van der Waals surface area contributed by atoms with E-state index >= 15 is 0 Å². The smallest absolute Gasteiger partial charge is 0.315 e. The molecule has 2 rings (SSSR count). The van der Waals surface area contributed by atoms with Crippen molar-refractivity contribution in [1.29, 1.82) is 5.26 Å². The Hall–Kier alpha value is -2.80. The van der Waals surface area contributed by atoms with Crippen LogP contribution in [0.2, 0.25) is 0 Å². The maximum Gasteiger partial charge on any atom is 0.315 e. The summed E-state index contributed by atoms with van der Waals surface area (Å²) in [5.74, 6) is 0.303. The molecule has 0 saturated carbocycles. The number of hydrogen-bond donors (Lipinski definition) is 0. The Labute approximate surface area is 117 Å². The van der Waals surface area contributed by atoms with Crippen LogP contribution in [0.25, 0.3) is 0 Å². The van der Waals surface area contributed by atoms with Gasteiger partial charge in [0.15, 0.2) is 11.5 Å². The van der Waals surface area contributed by atoms with Crippen LogP contribution in [-0.4, -0.2) is 13.1 Å². The highest BCUT2D eigenvalue weighted by Crippen LogP contribution is 2.28. The van der Waals surface area contributed by atoms with Crippen molar-refractivity contribution in [2.24, 2.45) is 0 Å². The molecule has 0 unspecified atom stereocenters. The second-order valence-electron chi connectivity index (χ2n) is 4.11. The molecule has 0 aliphatic carbocycles. The molecule has 4 heteroatoms. The van der Waals surface area contributed by atoms with Crippen LogP contribution < -0.4 is 9.47 Å². The number of hydrogen-bond acceptors (Lipinski definition) is 4. The second kappa shape index (κ2) is 6.39. The van der Waals surface area contributed by atoms with E-state index in [9.17, 15) is 4.79 Å². The number of methoxy groups -OCH3 is 1. The zero-order chi connectivity index (χ0) is 14.4. The number of carbonyl (C=O) groups excluding carboxylic acids is 1. The molecule has 0 bridgehead atoms. The molecule has 100 valence electrons. The zero-order valence-electron chi connectivity index (χ0n) is 11.0. The Kier molecular flexibility index (Phi) is 4.35. The summed E-state index contributed by atoms with van der Waals surface area (Å²) >= 11 is 0. The van der Waals surface area contributed by atoms with Gasteiger partial charge < -0.3 is 9.47 Å². The Morgan fingerprint density at radius 2 is 1.90 bits per heavy atom. The summed E-state index contributed by atoms with van der Waals surface area (Å²) in [6, 6.07) is 16.0. The van der Waals surface area contributed by atoms with Crippen LogP contribution in [0.15, 0.2) is 48.5 Å². The highest BCUT2D eigenvalue weighted by molar-refractivity contribution is 5.76. The molecule has 2 aromatic carbocycles. The standard InChI is InChI=1S/C16H13NO3/c1-19-15-9-13(11-17)7-8-14(15)20-16(18)10-12-5-3-2-4-6-12/h2-9H,10H2,1H3. The predicted octanol–water partition coefficient (Wildman–Crippen LogP) is 2.71. The average molecular weight is 267 g/mol. The fourth-order valence-corrected chi connectivity index (χ4v) is 1.74. The van der Waals surface area contributed by atoms with Gasteiger partial charge in [0.2, 0.25) is 0 Å². The number of benzene rings is 2. The third kappa shape index (κ3) is 3.36. The molecule has 0 aliphatic rings. The van der Waals surface area contributed by atoms with Crippen molar-refractivity contribution < 1.29 is 14.3 Å². The number of nitrogens with zero attached hydrogens (tertiary/aromatic N) is 1. The minimum atomic E-state index is -0.376. The van der Waals surface area contributed by atoms with E-state index in [4.69, 9.17) is 14.7 Å². The molecule has 0 saturated heterocycles. The highest BCUT2D eigenvalue weighted by Gasteiger charge is 2.11. The summed E-state index contributed by atoms with van der Waals surface area (Å²) in [6.45, 7) is 0. The normalized spacial score (nSPS) is 9.60. The molecule has 0 fully saturated rings. The van der Waals surface area contributed by atoms with Crippen LogP contribution in [0.3, 0.4) is 0 Å². The molecule has 0 atom stereocenters. The first-order chi connectivity index (χ1) is 9.72. The van der Waals surface area contributed by atoms with Crippen molar-refractivity contribution in [2.45, 2.75) is 6.42 Å². The molecular weight excluding hydrogens is 254 g/mol. The van der Waals surface area contributed by atoms with Crippen LogP contribution in [-0.2, 0) is 11.2 Å². The Morgan fingerprint density at radius 1 is 1.15 bits per heavy atom. The second-order valence-corrected chi connectivity index (χ2v) is 4.11. The molecule has 0 aliphatic heterocycles. The molecule has 0 heterocycles. The van der Waals surface area contributed by atoms with Crippen molar-refractivity contribution in [3.05, 3.63) is 59.7 Å². The zero-order valence-corrected chi connectivity index (χ0v) is 11.0. The lowest BCUT2D eigenvalue weighted by atomic mass is 10.1. The minimum absolute atomic E-state index is 0.185. The molecule has 20 heavy (non-hydrogen) atoms. The number of ether oxygens (including phenoxy) is 2. The first-order valence-corrected chi connectivity index (χ1v) is 6.05. The molecule has 0 spiro atoms. The van der Waals surface area contributed by atoms with Crippen LogP contribution in [0.4, 0.5) is 0 Å². The van der Waals surface area contributed by atoms with Crippen LogP contribution in [0.1, 0.15) is 11.1 Å². The molecule has 0 aromatic heterocycles. The van der Waals surface area contributed by atoms with E-state index in [1.54, 1.807) is 12.1 Å². The van der Waals surface area contributed by atoms with Gasteiger partial charge in [0, 0.05) is 6.07 Å². The maximum absolute atomic E-state index is 11.9.